The van der Waals surface area contributed by atoms with Gasteiger partial charge in [0.25, 0.3) is 0 Å². The number of hydrogen-bond acceptors (Lipinski definition) is 4. The highest BCUT2D eigenvalue weighted by Crippen LogP contribution is 2.28. The summed E-state index contributed by atoms with van der Waals surface area (Å²) in [6.07, 6.45) is 4.08. The van der Waals surface area contributed by atoms with Gasteiger partial charge in [0, 0.05) is 5.54 Å². The molecular formula is C11H20N2O3. The van der Waals surface area contributed by atoms with Gasteiger partial charge in [-0.1, -0.05) is 12.8 Å². The largest absolute Gasteiger partial charge is 0.464 e. The number of nitrogens with one attached hydrogen (secondary N) is 1. The maximum absolute atomic E-state index is 11.7. The lowest BCUT2D eigenvalue weighted by Crippen LogP contribution is -2.53. The maximum Gasteiger partial charge on any atom is 0.332 e. The van der Waals surface area contributed by atoms with E-state index in [4.69, 9.17) is 10.5 Å². The third-order valence-corrected chi connectivity index (χ3v) is 2.96. The van der Waals surface area contributed by atoms with Crippen LogP contribution in [-0.2, 0) is 14.3 Å². The summed E-state index contributed by atoms with van der Waals surface area (Å²) in [5.74, 6) is -1.11. The molecule has 5 heteroatoms. The van der Waals surface area contributed by atoms with Gasteiger partial charge in [0.05, 0.1) is 6.61 Å². The Morgan fingerprint density at radius 2 is 2.00 bits per heavy atom. The Bertz CT molecular complexity index is 272. The van der Waals surface area contributed by atoms with Gasteiger partial charge in [0.1, 0.15) is 0 Å². The fourth-order valence-corrected chi connectivity index (χ4v) is 1.99. The minimum absolute atomic E-state index is 0.207. The normalized spacial score (nSPS) is 20.2. The Hall–Kier alpha value is -1.10. The highest BCUT2D eigenvalue weighted by Gasteiger charge is 2.33. The Morgan fingerprint density at radius 1 is 1.44 bits per heavy atom. The van der Waals surface area contributed by atoms with Crippen LogP contribution in [0.4, 0.5) is 0 Å². The molecule has 0 aromatic rings. The Balaban J connectivity index is 2.48. The zero-order valence-electron chi connectivity index (χ0n) is 9.91. The zero-order chi connectivity index (χ0) is 12.2. The molecule has 0 aromatic heterocycles. The quantitative estimate of drug-likeness (QED) is 0.536. The highest BCUT2D eigenvalue weighted by atomic mass is 16.5. The number of nitrogens with two attached hydrogens (primary N) is 1. The Kier molecular flexibility index (Phi) is 4.29. The molecule has 0 bridgehead atoms. The van der Waals surface area contributed by atoms with Crippen molar-refractivity contribution in [2.24, 2.45) is 5.73 Å². The molecule has 0 spiro atoms. The van der Waals surface area contributed by atoms with Crippen molar-refractivity contribution in [1.82, 2.24) is 5.32 Å². The average molecular weight is 228 g/mol. The molecule has 1 aliphatic carbocycles. The average Bonchev–Trinajstić information content (AvgIpc) is 2.64. The van der Waals surface area contributed by atoms with E-state index in [1.165, 1.54) is 0 Å². The smallest absolute Gasteiger partial charge is 0.332 e. The molecule has 0 aliphatic heterocycles. The molecular weight excluding hydrogens is 208 g/mol. The Labute approximate surface area is 95.7 Å². The van der Waals surface area contributed by atoms with E-state index in [2.05, 4.69) is 5.32 Å². The predicted molar refractivity (Wildman–Crippen MR) is 59.6 cm³/mol. The summed E-state index contributed by atoms with van der Waals surface area (Å²) in [6.45, 7) is 3.90. The van der Waals surface area contributed by atoms with Crippen molar-refractivity contribution in [2.75, 3.05) is 6.61 Å². The van der Waals surface area contributed by atoms with Crippen LogP contribution in [0.2, 0.25) is 0 Å². The summed E-state index contributed by atoms with van der Waals surface area (Å²) < 4.78 is 4.70. The van der Waals surface area contributed by atoms with Gasteiger partial charge < -0.3 is 15.8 Å². The van der Waals surface area contributed by atoms with Crippen LogP contribution in [0.5, 0.6) is 0 Å². The second-order valence-corrected chi connectivity index (χ2v) is 4.49. The number of esters is 1. The Morgan fingerprint density at radius 3 is 2.50 bits per heavy atom. The summed E-state index contributed by atoms with van der Waals surface area (Å²) in [5.41, 5.74) is 5.29. The van der Waals surface area contributed by atoms with E-state index < -0.39 is 17.9 Å². The molecule has 1 fully saturated rings. The number of hydrogen-bond donors (Lipinski definition) is 2. The van der Waals surface area contributed by atoms with Crippen LogP contribution >= 0.6 is 0 Å². The van der Waals surface area contributed by atoms with E-state index in [1.54, 1.807) is 6.92 Å². The van der Waals surface area contributed by atoms with Crippen molar-refractivity contribution in [3.05, 3.63) is 0 Å². The van der Waals surface area contributed by atoms with E-state index >= 15 is 0 Å². The van der Waals surface area contributed by atoms with Gasteiger partial charge in [-0.25, -0.2) is 4.79 Å². The second kappa shape index (κ2) is 5.30. The molecule has 0 heterocycles. The van der Waals surface area contributed by atoms with Crippen LogP contribution < -0.4 is 11.1 Å². The molecule has 1 rings (SSSR count). The van der Waals surface area contributed by atoms with Gasteiger partial charge in [0.15, 0.2) is 6.04 Å². The van der Waals surface area contributed by atoms with Crippen molar-refractivity contribution in [1.29, 1.82) is 0 Å². The summed E-state index contributed by atoms with van der Waals surface area (Å²) in [5, 5.41) is 2.83. The molecule has 3 N–H and O–H groups in total. The predicted octanol–water partition coefficient (Wildman–Crippen LogP) is 0.326. The van der Waals surface area contributed by atoms with Crippen LogP contribution in [0.25, 0.3) is 0 Å². The molecule has 5 nitrogen and oxygen atoms in total. The van der Waals surface area contributed by atoms with E-state index in [9.17, 15) is 9.59 Å². The summed E-state index contributed by atoms with van der Waals surface area (Å²) in [7, 11) is 0. The summed E-state index contributed by atoms with van der Waals surface area (Å²) in [6, 6.07) is -1.21. The maximum atomic E-state index is 11.7. The molecule has 16 heavy (non-hydrogen) atoms. The van der Waals surface area contributed by atoms with Gasteiger partial charge in [-0.2, -0.15) is 0 Å². The topological polar surface area (TPSA) is 81.4 Å². The number of carbonyl (C=O) groups is 2. The summed E-state index contributed by atoms with van der Waals surface area (Å²) in [4.78, 5) is 22.9. The lowest BCUT2D eigenvalue weighted by molar-refractivity contribution is -0.148. The molecule has 0 aromatic carbocycles. The number of rotatable bonds is 4. The first kappa shape index (κ1) is 13.0. The van der Waals surface area contributed by atoms with Crippen molar-refractivity contribution in [3.8, 4) is 0 Å². The van der Waals surface area contributed by atoms with Gasteiger partial charge in [-0.05, 0) is 26.7 Å². The van der Waals surface area contributed by atoms with E-state index in [-0.39, 0.29) is 12.1 Å². The third-order valence-electron chi connectivity index (χ3n) is 2.96. The SMILES string of the molecule is CCOC(=O)C(N)C(=O)NC1(C)CCCC1. The van der Waals surface area contributed by atoms with Crippen molar-refractivity contribution < 1.29 is 14.3 Å². The first-order valence-corrected chi connectivity index (χ1v) is 5.73. The zero-order valence-corrected chi connectivity index (χ0v) is 9.91. The molecule has 0 saturated heterocycles. The van der Waals surface area contributed by atoms with E-state index in [0.29, 0.717) is 0 Å². The monoisotopic (exact) mass is 228 g/mol. The second-order valence-electron chi connectivity index (χ2n) is 4.49. The molecule has 1 unspecified atom stereocenters. The molecule has 1 atom stereocenters. The van der Waals surface area contributed by atoms with Gasteiger partial charge >= 0.3 is 5.97 Å². The fraction of sp³-hybridized carbons (Fsp3) is 0.818. The van der Waals surface area contributed by atoms with Crippen LogP contribution in [0, 0.1) is 0 Å². The lowest BCUT2D eigenvalue weighted by atomic mass is 10.0. The third kappa shape index (κ3) is 3.20. The van der Waals surface area contributed by atoms with Gasteiger partial charge in [0.2, 0.25) is 5.91 Å². The lowest BCUT2D eigenvalue weighted by Gasteiger charge is -2.26. The minimum Gasteiger partial charge on any atom is -0.464 e. The van der Waals surface area contributed by atoms with E-state index in [0.717, 1.165) is 25.7 Å². The standard InChI is InChI=1S/C11H20N2O3/c1-3-16-10(15)8(12)9(14)13-11(2)6-4-5-7-11/h8H,3-7,12H2,1-2H3,(H,13,14). The van der Waals surface area contributed by atoms with Gasteiger partial charge in [-0.3, -0.25) is 4.79 Å². The molecule has 1 amide bonds. The van der Waals surface area contributed by atoms with Crippen molar-refractivity contribution in [3.63, 3.8) is 0 Å². The molecule has 1 aliphatic rings. The molecule has 92 valence electrons. The molecule has 0 radical (unpaired) electrons. The highest BCUT2D eigenvalue weighted by molar-refractivity contribution is 6.01. The first-order valence-electron chi connectivity index (χ1n) is 5.73. The van der Waals surface area contributed by atoms with Gasteiger partial charge in [-0.15, -0.1) is 0 Å². The fourth-order valence-electron chi connectivity index (χ4n) is 1.99. The van der Waals surface area contributed by atoms with Crippen LogP contribution in [0.3, 0.4) is 0 Å². The van der Waals surface area contributed by atoms with Crippen molar-refractivity contribution >= 4 is 11.9 Å². The van der Waals surface area contributed by atoms with Crippen LogP contribution in [-0.4, -0.2) is 30.1 Å². The first-order chi connectivity index (χ1) is 7.48. The van der Waals surface area contributed by atoms with Crippen molar-refractivity contribution in [2.45, 2.75) is 51.1 Å². The molecule has 1 saturated carbocycles. The number of ether oxygens (including phenoxy) is 1. The van der Waals surface area contributed by atoms with E-state index in [1.807, 2.05) is 6.92 Å². The van der Waals surface area contributed by atoms with Crippen LogP contribution in [0.1, 0.15) is 39.5 Å². The summed E-state index contributed by atoms with van der Waals surface area (Å²) >= 11 is 0. The minimum atomic E-state index is -1.21. The van der Waals surface area contributed by atoms with Crippen LogP contribution in [0.15, 0.2) is 0 Å². The number of amides is 1. The number of carbonyl (C=O) groups excluding carboxylic acids is 2.